The van der Waals surface area contributed by atoms with E-state index < -0.39 is 11.9 Å². The summed E-state index contributed by atoms with van der Waals surface area (Å²) in [6.07, 6.45) is 4.76. The minimum absolute atomic E-state index is 0.0738. The van der Waals surface area contributed by atoms with E-state index in [-0.39, 0.29) is 16.8 Å². The SMILES string of the molecule is COc1ccc(NC(=O)/C(C#N)=C/c2cccc(NC(=C3CCC3)c3ccc(C)cc3)c2)c(C(=O)O)c1. The Labute approximate surface area is 215 Å². The maximum absolute atomic E-state index is 12.8. The summed E-state index contributed by atoms with van der Waals surface area (Å²) in [5.41, 5.74) is 6.06. The van der Waals surface area contributed by atoms with E-state index >= 15 is 0 Å². The molecule has 1 fully saturated rings. The molecular formula is C30H27N3O4. The number of anilines is 2. The van der Waals surface area contributed by atoms with E-state index in [4.69, 9.17) is 4.74 Å². The van der Waals surface area contributed by atoms with Crippen molar-refractivity contribution < 1.29 is 19.4 Å². The number of aromatic carboxylic acids is 1. The van der Waals surface area contributed by atoms with Gasteiger partial charge in [-0.25, -0.2) is 4.79 Å². The summed E-state index contributed by atoms with van der Waals surface area (Å²) >= 11 is 0. The first-order valence-corrected chi connectivity index (χ1v) is 11.9. The molecule has 7 heteroatoms. The maximum Gasteiger partial charge on any atom is 0.337 e. The molecule has 1 aliphatic rings. The summed E-state index contributed by atoms with van der Waals surface area (Å²) in [5.74, 6) is -1.58. The van der Waals surface area contributed by atoms with Crippen LogP contribution in [0.4, 0.5) is 11.4 Å². The van der Waals surface area contributed by atoms with Crippen molar-refractivity contribution in [2.45, 2.75) is 26.2 Å². The second-order valence-electron chi connectivity index (χ2n) is 8.79. The Morgan fingerprint density at radius 3 is 2.41 bits per heavy atom. The van der Waals surface area contributed by atoms with E-state index in [1.54, 1.807) is 6.07 Å². The molecule has 4 rings (SSSR count). The molecule has 1 amide bonds. The van der Waals surface area contributed by atoms with E-state index in [1.807, 2.05) is 24.3 Å². The van der Waals surface area contributed by atoms with Gasteiger partial charge in [-0.2, -0.15) is 5.26 Å². The lowest BCUT2D eigenvalue weighted by Crippen LogP contribution is -2.16. The zero-order valence-corrected chi connectivity index (χ0v) is 20.7. The van der Waals surface area contributed by atoms with Crippen LogP contribution in [0.5, 0.6) is 5.75 Å². The number of allylic oxidation sites excluding steroid dienone is 1. The molecule has 186 valence electrons. The lowest BCUT2D eigenvalue weighted by atomic mass is 9.88. The Hall–Kier alpha value is -4.83. The number of hydrogen-bond acceptors (Lipinski definition) is 5. The standard InChI is InChI=1S/C30H27N3O4/c1-19-9-11-22(12-10-19)28(21-6-4-7-21)32-24-8-3-5-20(16-24)15-23(18-31)29(34)33-27-14-13-25(37-2)17-26(27)30(35)36/h3,5,8-17,32H,4,6-7H2,1-2H3,(H,33,34)(H,35,36)/b23-15+. The molecule has 0 heterocycles. The molecule has 37 heavy (non-hydrogen) atoms. The predicted octanol–water partition coefficient (Wildman–Crippen LogP) is 6.25. The molecule has 7 nitrogen and oxygen atoms in total. The van der Waals surface area contributed by atoms with Crippen molar-refractivity contribution in [3.63, 3.8) is 0 Å². The molecule has 0 bridgehead atoms. The monoisotopic (exact) mass is 493 g/mol. The van der Waals surface area contributed by atoms with Crippen molar-refractivity contribution in [1.29, 1.82) is 5.26 Å². The predicted molar refractivity (Wildman–Crippen MR) is 144 cm³/mol. The Morgan fingerprint density at radius 2 is 1.78 bits per heavy atom. The number of nitrogens with one attached hydrogen (secondary N) is 2. The molecule has 0 aliphatic heterocycles. The Bertz CT molecular complexity index is 1440. The van der Waals surface area contributed by atoms with Crippen molar-refractivity contribution in [2.24, 2.45) is 0 Å². The van der Waals surface area contributed by atoms with E-state index in [0.717, 1.165) is 29.8 Å². The number of carbonyl (C=O) groups is 2. The van der Waals surface area contributed by atoms with Crippen LogP contribution in [0.15, 0.2) is 77.9 Å². The van der Waals surface area contributed by atoms with E-state index in [2.05, 4.69) is 41.8 Å². The summed E-state index contributed by atoms with van der Waals surface area (Å²) in [6.45, 7) is 2.06. The smallest absolute Gasteiger partial charge is 0.337 e. The van der Waals surface area contributed by atoms with Crippen LogP contribution < -0.4 is 15.4 Å². The second kappa shape index (κ2) is 11.3. The summed E-state index contributed by atoms with van der Waals surface area (Å²) in [4.78, 5) is 24.5. The molecule has 0 saturated heterocycles. The van der Waals surface area contributed by atoms with E-state index in [1.165, 1.54) is 48.9 Å². The molecule has 1 aliphatic carbocycles. The third-order valence-electron chi connectivity index (χ3n) is 6.19. The third-order valence-corrected chi connectivity index (χ3v) is 6.19. The fraction of sp³-hybridized carbons (Fsp3) is 0.167. The molecule has 0 atom stereocenters. The van der Waals surface area contributed by atoms with Gasteiger partial charge in [-0.3, -0.25) is 4.79 Å². The molecule has 0 radical (unpaired) electrons. The molecule has 3 aromatic carbocycles. The Balaban J connectivity index is 1.57. The zero-order chi connectivity index (χ0) is 26.4. The number of aryl methyl sites for hydroxylation is 1. The van der Waals surface area contributed by atoms with Crippen LogP contribution in [0.25, 0.3) is 11.8 Å². The summed E-state index contributed by atoms with van der Waals surface area (Å²) in [6, 6.07) is 22.0. The van der Waals surface area contributed by atoms with Gasteiger partial charge in [0.2, 0.25) is 0 Å². The molecule has 0 aromatic heterocycles. The number of rotatable bonds is 8. The van der Waals surface area contributed by atoms with E-state index in [0.29, 0.717) is 11.3 Å². The first-order valence-electron chi connectivity index (χ1n) is 11.9. The average Bonchev–Trinajstić information content (AvgIpc) is 2.86. The van der Waals surface area contributed by atoms with Crippen molar-refractivity contribution in [1.82, 2.24) is 0 Å². The fourth-order valence-electron chi connectivity index (χ4n) is 3.98. The molecule has 0 spiro atoms. The maximum atomic E-state index is 12.8. The van der Waals surface area contributed by atoms with Gasteiger partial charge in [-0.05, 0) is 79.3 Å². The number of ether oxygens (including phenoxy) is 1. The normalized spacial score (nSPS) is 12.7. The second-order valence-corrected chi connectivity index (χ2v) is 8.79. The van der Waals surface area contributed by atoms with Crippen LogP contribution in [0.1, 0.15) is 46.3 Å². The highest BCUT2D eigenvalue weighted by Gasteiger charge is 2.18. The average molecular weight is 494 g/mol. The first kappa shape index (κ1) is 25.3. The zero-order valence-electron chi connectivity index (χ0n) is 20.7. The van der Waals surface area contributed by atoms with Crippen LogP contribution in [-0.4, -0.2) is 24.1 Å². The van der Waals surface area contributed by atoms with Crippen molar-refractivity contribution in [3.05, 3.63) is 100 Å². The number of amides is 1. The molecule has 0 unspecified atom stereocenters. The lowest BCUT2D eigenvalue weighted by Gasteiger charge is -2.24. The number of hydrogen-bond donors (Lipinski definition) is 3. The Morgan fingerprint density at radius 1 is 1.03 bits per heavy atom. The van der Waals surface area contributed by atoms with Gasteiger partial charge in [0, 0.05) is 11.4 Å². The number of methoxy groups -OCH3 is 1. The van der Waals surface area contributed by atoms with Crippen molar-refractivity contribution in [2.75, 3.05) is 17.7 Å². The van der Waals surface area contributed by atoms with Crippen LogP contribution >= 0.6 is 0 Å². The number of carboxylic acid groups (broad SMARTS) is 1. The topological polar surface area (TPSA) is 111 Å². The van der Waals surface area contributed by atoms with Gasteiger partial charge in [0.15, 0.2) is 0 Å². The molecule has 3 N–H and O–H groups in total. The van der Waals surface area contributed by atoms with Crippen molar-refractivity contribution in [3.8, 4) is 11.8 Å². The summed E-state index contributed by atoms with van der Waals surface area (Å²) in [7, 11) is 1.42. The van der Waals surface area contributed by atoms with Crippen molar-refractivity contribution >= 4 is 35.0 Å². The van der Waals surface area contributed by atoms with Gasteiger partial charge in [0.25, 0.3) is 5.91 Å². The molecular weight excluding hydrogens is 466 g/mol. The minimum atomic E-state index is -1.22. The van der Waals surface area contributed by atoms with Gasteiger partial charge in [-0.1, -0.05) is 42.0 Å². The van der Waals surface area contributed by atoms with Gasteiger partial charge in [0.05, 0.1) is 18.4 Å². The van der Waals surface area contributed by atoms with Gasteiger partial charge in [-0.15, -0.1) is 0 Å². The van der Waals surface area contributed by atoms with Gasteiger partial charge >= 0.3 is 5.97 Å². The number of carboxylic acids is 1. The van der Waals surface area contributed by atoms with Crippen LogP contribution in [-0.2, 0) is 4.79 Å². The highest BCUT2D eigenvalue weighted by molar-refractivity contribution is 6.12. The number of nitriles is 1. The molecule has 1 saturated carbocycles. The van der Waals surface area contributed by atoms with Gasteiger partial charge in [0.1, 0.15) is 17.4 Å². The number of benzene rings is 3. The Kier molecular flexibility index (Phi) is 7.70. The number of nitrogens with zero attached hydrogens (tertiary/aromatic N) is 1. The summed E-state index contributed by atoms with van der Waals surface area (Å²) < 4.78 is 5.06. The van der Waals surface area contributed by atoms with Gasteiger partial charge < -0.3 is 20.5 Å². The lowest BCUT2D eigenvalue weighted by molar-refractivity contribution is -0.112. The van der Waals surface area contributed by atoms with Crippen LogP contribution in [0.2, 0.25) is 0 Å². The largest absolute Gasteiger partial charge is 0.497 e. The number of carbonyl (C=O) groups excluding carboxylic acids is 1. The minimum Gasteiger partial charge on any atom is -0.497 e. The third kappa shape index (κ3) is 6.06. The quantitative estimate of drug-likeness (QED) is 0.252. The summed E-state index contributed by atoms with van der Waals surface area (Å²) in [5, 5.41) is 25.2. The highest BCUT2D eigenvalue weighted by atomic mass is 16.5. The van der Waals surface area contributed by atoms with E-state index in [9.17, 15) is 20.0 Å². The fourth-order valence-corrected chi connectivity index (χ4v) is 3.98. The highest BCUT2D eigenvalue weighted by Crippen LogP contribution is 2.34. The first-order chi connectivity index (χ1) is 17.9. The van der Waals surface area contributed by atoms with Crippen LogP contribution in [0.3, 0.4) is 0 Å². The molecule has 3 aromatic rings. The van der Waals surface area contributed by atoms with Crippen LogP contribution in [0, 0.1) is 18.3 Å².